The Bertz CT molecular complexity index is 2510. The first-order valence-electron chi connectivity index (χ1n) is 16.4. The van der Waals surface area contributed by atoms with Gasteiger partial charge >= 0.3 is 0 Å². The summed E-state index contributed by atoms with van der Waals surface area (Å²) in [4.78, 5) is 0. The van der Waals surface area contributed by atoms with E-state index in [2.05, 4.69) is 138 Å². The fourth-order valence-electron chi connectivity index (χ4n) is 7.44. The van der Waals surface area contributed by atoms with Gasteiger partial charge < -0.3 is 4.57 Å². The third-order valence-corrected chi connectivity index (χ3v) is 14.4. The second-order valence-corrected chi connectivity index (χ2v) is 16.1. The molecule has 0 radical (unpaired) electrons. The molecule has 1 aromatic heterocycles. The standard InChI is InChI=1S/C45H28N4Si/c46-29-32-20-23-43-41(25-32)42-26-33(30-47)21-24-44(42)49(43)45-27-34(31-48)19-22-40(45)35-11-10-18-39(28-35)50(36-12-4-1-5-13-36,37-14-6-2-7-15-37)38-16-8-3-9-17-38/h1-28H. The fraction of sp³-hybridized carbons (Fsp3) is 0. The number of rotatable bonds is 6. The van der Waals surface area contributed by atoms with E-state index in [1.807, 2.05) is 54.6 Å². The van der Waals surface area contributed by atoms with Crippen LogP contribution in [-0.2, 0) is 0 Å². The second-order valence-electron chi connectivity index (χ2n) is 12.3. The minimum atomic E-state index is -2.79. The van der Waals surface area contributed by atoms with E-state index in [0.717, 1.165) is 38.6 Å². The minimum Gasteiger partial charge on any atom is -0.309 e. The quantitative estimate of drug-likeness (QED) is 0.138. The Labute approximate surface area is 291 Å². The molecule has 0 saturated carbocycles. The average molecular weight is 653 g/mol. The summed E-state index contributed by atoms with van der Waals surface area (Å²) in [5.74, 6) is 0. The van der Waals surface area contributed by atoms with Crippen LogP contribution in [0.3, 0.4) is 0 Å². The van der Waals surface area contributed by atoms with Gasteiger partial charge in [-0.2, -0.15) is 15.8 Å². The van der Waals surface area contributed by atoms with Gasteiger partial charge in [-0.25, -0.2) is 0 Å². The Hall–Kier alpha value is -6.97. The van der Waals surface area contributed by atoms with Gasteiger partial charge in [-0.1, -0.05) is 121 Å². The zero-order valence-corrected chi connectivity index (χ0v) is 28.0. The van der Waals surface area contributed by atoms with Crippen molar-refractivity contribution in [2.75, 3.05) is 0 Å². The van der Waals surface area contributed by atoms with Crippen LogP contribution < -0.4 is 20.7 Å². The number of fused-ring (bicyclic) bond motifs is 3. The molecule has 0 N–H and O–H groups in total. The summed E-state index contributed by atoms with van der Waals surface area (Å²) in [6.07, 6.45) is 0. The van der Waals surface area contributed by atoms with Crippen molar-refractivity contribution in [3.05, 3.63) is 187 Å². The Morgan fingerprint density at radius 2 is 0.840 bits per heavy atom. The van der Waals surface area contributed by atoms with Crippen LogP contribution in [0, 0.1) is 34.0 Å². The van der Waals surface area contributed by atoms with E-state index in [9.17, 15) is 15.8 Å². The lowest BCUT2D eigenvalue weighted by Crippen LogP contribution is -2.74. The molecule has 0 aliphatic carbocycles. The van der Waals surface area contributed by atoms with Crippen molar-refractivity contribution < 1.29 is 0 Å². The maximum absolute atomic E-state index is 10.1. The van der Waals surface area contributed by atoms with E-state index >= 15 is 0 Å². The van der Waals surface area contributed by atoms with Crippen molar-refractivity contribution in [1.82, 2.24) is 4.57 Å². The van der Waals surface area contributed by atoms with Crippen LogP contribution in [0.1, 0.15) is 16.7 Å². The second kappa shape index (κ2) is 12.6. The van der Waals surface area contributed by atoms with Gasteiger partial charge in [0.25, 0.3) is 0 Å². The summed E-state index contributed by atoms with van der Waals surface area (Å²) < 4.78 is 2.16. The van der Waals surface area contributed by atoms with Crippen LogP contribution in [0.5, 0.6) is 0 Å². The maximum Gasteiger partial charge on any atom is 0.179 e. The van der Waals surface area contributed by atoms with Gasteiger partial charge in [0.15, 0.2) is 8.07 Å². The zero-order chi connectivity index (χ0) is 34.1. The van der Waals surface area contributed by atoms with E-state index in [-0.39, 0.29) is 0 Å². The summed E-state index contributed by atoms with van der Waals surface area (Å²) in [7, 11) is -2.79. The summed E-state index contributed by atoms with van der Waals surface area (Å²) in [6.45, 7) is 0. The highest BCUT2D eigenvalue weighted by atomic mass is 28.3. The molecule has 0 bridgehead atoms. The number of nitriles is 3. The molecule has 8 rings (SSSR count). The predicted octanol–water partition coefficient (Wildman–Crippen LogP) is 7.44. The Balaban J connectivity index is 1.44. The van der Waals surface area contributed by atoms with Crippen molar-refractivity contribution in [2.45, 2.75) is 0 Å². The number of aromatic nitrogens is 1. The van der Waals surface area contributed by atoms with Crippen LogP contribution in [0.15, 0.2) is 170 Å². The molecule has 0 atom stereocenters. The van der Waals surface area contributed by atoms with E-state index in [1.54, 1.807) is 0 Å². The molecule has 0 amide bonds. The highest BCUT2D eigenvalue weighted by molar-refractivity contribution is 7.19. The first-order chi connectivity index (χ1) is 24.6. The minimum absolute atomic E-state index is 0.541. The largest absolute Gasteiger partial charge is 0.309 e. The molecule has 8 aromatic rings. The highest BCUT2D eigenvalue weighted by Gasteiger charge is 2.41. The smallest absolute Gasteiger partial charge is 0.179 e. The van der Waals surface area contributed by atoms with Crippen molar-refractivity contribution in [2.24, 2.45) is 0 Å². The molecule has 1 heterocycles. The van der Waals surface area contributed by atoms with Gasteiger partial charge in [0, 0.05) is 16.3 Å². The monoisotopic (exact) mass is 652 g/mol. The molecular formula is C45H28N4Si. The lowest BCUT2D eigenvalue weighted by molar-refractivity contribution is 1.18. The van der Waals surface area contributed by atoms with E-state index in [4.69, 9.17) is 0 Å². The van der Waals surface area contributed by atoms with Gasteiger partial charge in [-0.3, -0.25) is 0 Å². The molecular weight excluding hydrogens is 625 g/mol. The average Bonchev–Trinajstić information content (AvgIpc) is 3.52. The number of nitrogens with zero attached hydrogens (tertiary/aromatic N) is 4. The molecule has 4 nitrogen and oxygen atoms in total. The highest BCUT2D eigenvalue weighted by Crippen LogP contribution is 2.37. The van der Waals surface area contributed by atoms with Crippen molar-refractivity contribution in [3.8, 4) is 35.0 Å². The van der Waals surface area contributed by atoms with Crippen LogP contribution in [-0.4, -0.2) is 12.6 Å². The van der Waals surface area contributed by atoms with Crippen LogP contribution in [0.2, 0.25) is 0 Å². The summed E-state index contributed by atoms with van der Waals surface area (Å²) in [5.41, 5.74) is 6.25. The van der Waals surface area contributed by atoms with Gasteiger partial charge in [-0.15, -0.1) is 0 Å². The number of hydrogen-bond acceptors (Lipinski definition) is 3. The first kappa shape index (κ1) is 30.4. The Morgan fingerprint density at radius 3 is 1.32 bits per heavy atom. The van der Waals surface area contributed by atoms with E-state index in [1.165, 1.54) is 20.7 Å². The fourth-order valence-corrected chi connectivity index (χ4v) is 12.2. The zero-order valence-electron chi connectivity index (χ0n) is 27.0. The first-order valence-corrected chi connectivity index (χ1v) is 18.4. The summed E-state index contributed by atoms with van der Waals surface area (Å²) >= 11 is 0. The third kappa shape index (κ3) is 4.88. The topological polar surface area (TPSA) is 76.3 Å². The Kier molecular flexibility index (Phi) is 7.63. The van der Waals surface area contributed by atoms with Gasteiger partial charge in [0.2, 0.25) is 0 Å². The van der Waals surface area contributed by atoms with Gasteiger partial charge in [-0.05, 0) is 74.8 Å². The van der Waals surface area contributed by atoms with Crippen LogP contribution in [0.25, 0.3) is 38.6 Å². The van der Waals surface area contributed by atoms with E-state index < -0.39 is 8.07 Å². The molecule has 7 aromatic carbocycles. The van der Waals surface area contributed by atoms with E-state index in [0.29, 0.717) is 16.7 Å². The summed E-state index contributed by atoms with van der Waals surface area (Å²) in [6, 6.07) is 65.4. The molecule has 0 unspecified atom stereocenters. The summed E-state index contributed by atoms with van der Waals surface area (Å²) in [5, 5.41) is 36.5. The lowest BCUT2D eigenvalue weighted by Gasteiger charge is -2.34. The van der Waals surface area contributed by atoms with Gasteiger partial charge in [0.1, 0.15) is 0 Å². The third-order valence-electron chi connectivity index (χ3n) is 9.62. The molecule has 0 aliphatic rings. The van der Waals surface area contributed by atoms with Crippen molar-refractivity contribution in [3.63, 3.8) is 0 Å². The molecule has 50 heavy (non-hydrogen) atoms. The molecule has 0 saturated heterocycles. The number of benzene rings is 7. The molecule has 0 aliphatic heterocycles. The SMILES string of the molecule is N#Cc1ccc(-c2cccc([Si](c3ccccc3)(c3ccccc3)c3ccccc3)c2)c(-n2c3ccc(C#N)cc3c3cc(C#N)ccc32)c1. The van der Waals surface area contributed by atoms with Crippen LogP contribution >= 0.6 is 0 Å². The van der Waals surface area contributed by atoms with Crippen molar-refractivity contribution >= 4 is 50.6 Å². The molecule has 0 spiro atoms. The molecule has 0 fully saturated rings. The normalized spacial score (nSPS) is 11.1. The molecule has 5 heteroatoms. The van der Waals surface area contributed by atoms with Crippen molar-refractivity contribution in [1.29, 1.82) is 15.8 Å². The van der Waals surface area contributed by atoms with Crippen LogP contribution in [0.4, 0.5) is 0 Å². The maximum atomic E-state index is 10.1. The Morgan fingerprint density at radius 1 is 0.400 bits per heavy atom. The number of hydrogen-bond donors (Lipinski definition) is 0. The molecule has 232 valence electrons. The lowest BCUT2D eigenvalue weighted by atomic mass is 10.0. The van der Waals surface area contributed by atoms with Gasteiger partial charge in [0.05, 0.1) is 51.6 Å². The predicted molar refractivity (Wildman–Crippen MR) is 204 cm³/mol.